The van der Waals surface area contributed by atoms with E-state index in [1.807, 2.05) is 12.1 Å². The molecule has 1 amide bonds. The van der Waals surface area contributed by atoms with Crippen LogP contribution < -0.4 is 16.4 Å². The van der Waals surface area contributed by atoms with Crippen molar-refractivity contribution < 1.29 is 14.0 Å². The summed E-state index contributed by atoms with van der Waals surface area (Å²) in [6.45, 7) is 2.52. The molecule has 164 valence electrons. The van der Waals surface area contributed by atoms with E-state index in [1.54, 1.807) is 0 Å². The standard InChI is InChI=1S/C23H26ClFN4O2/c1-2-3-13-4-6-17-15(8-13)11-16(12-28-23(26)27)21(17)29-22(31)20(30)10-14-5-7-18(24)19(25)9-14/h4-9,16,21H,2-3,10-12H2,1H3,(H,29,31)(H4,26,27,28)/t16-,21-/m1/s1. The maximum Gasteiger partial charge on any atom is 0.288 e. The number of rotatable bonds is 8. The first-order valence-corrected chi connectivity index (χ1v) is 10.6. The first-order valence-electron chi connectivity index (χ1n) is 10.3. The van der Waals surface area contributed by atoms with E-state index in [-0.39, 0.29) is 29.4 Å². The summed E-state index contributed by atoms with van der Waals surface area (Å²) in [5, 5.41) is 13.1. The largest absolute Gasteiger partial charge is 0.370 e. The summed E-state index contributed by atoms with van der Waals surface area (Å²) in [6.07, 6.45) is 2.49. The number of carbonyl (C=O) groups is 2. The van der Waals surface area contributed by atoms with Crippen LogP contribution in [0.5, 0.6) is 0 Å². The molecule has 3 rings (SSSR count). The summed E-state index contributed by atoms with van der Waals surface area (Å²) in [5.74, 6) is -2.21. The molecule has 0 aliphatic heterocycles. The molecule has 0 spiro atoms. The van der Waals surface area contributed by atoms with Gasteiger partial charge in [0, 0.05) is 18.9 Å². The van der Waals surface area contributed by atoms with Crippen molar-refractivity contribution in [3.8, 4) is 0 Å². The Morgan fingerprint density at radius 2 is 1.97 bits per heavy atom. The minimum atomic E-state index is -0.723. The van der Waals surface area contributed by atoms with Gasteiger partial charge in [-0.05, 0) is 47.2 Å². The number of hydrogen-bond acceptors (Lipinski definition) is 3. The topological polar surface area (TPSA) is 108 Å². The van der Waals surface area contributed by atoms with Crippen LogP contribution in [0, 0.1) is 17.1 Å². The van der Waals surface area contributed by atoms with Gasteiger partial charge in [0.25, 0.3) is 5.91 Å². The molecule has 0 radical (unpaired) electrons. The molecule has 0 saturated heterocycles. The molecule has 6 nitrogen and oxygen atoms in total. The maximum atomic E-state index is 13.6. The van der Waals surface area contributed by atoms with Gasteiger partial charge in [-0.25, -0.2) is 4.39 Å². The summed E-state index contributed by atoms with van der Waals surface area (Å²) >= 11 is 5.67. The van der Waals surface area contributed by atoms with Crippen LogP contribution in [0.1, 0.15) is 41.6 Å². The van der Waals surface area contributed by atoms with Crippen LogP contribution in [-0.4, -0.2) is 24.2 Å². The van der Waals surface area contributed by atoms with Crippen molar-refractivity contribution in [2.75, 3.05) is 6.54 Å². The summed E-state index contributed by atoms with van der Waals surface area (Å²) in [7, 11) is 0. The van der Waals surface area contributed by atoms with Crippen molar-refractivity contribution in [2.45, 2.75) is 38.6 Å². The van der Waals surface area contributed by atoms with Crippen molar-refractivity contribution >= 4 is 29.3 Å². The second kappa shape index (κ2) is 9.92. The lowest BCUT2D eigenvalue weighted by Gasteiger charge is -2.22. The molecule has 0 unspecified atom stereocenters. The van der Waals surface area contributed by atoms with E-state index < -0.39 is 17.5 Å². The number of nitrogens with two attached hydrogens (primary N) is 1. The third-order valence-electron chi connectivity index (χ3n) is 5.48. The van der Waals surface area contributed by atoms with Crippen LogP contribution in [0.2, 0.25) is 5.02 Å². The third-order valence-corrected chi connectivity index (χ3v) is 5.78. The van der Waals surface area contributed by atoms with Gasteiger partial charge in [0.05, 0.1) is 11.1 Å². The van der Waals surface area contributed by atoms with E-state index >= 15 is 0 Å². The number of aryl methyl sites for hydroxylation is 1. The zero-order valence-corrected chi connectivity index (χ0v) is 18.1. The van der Waals surface area contributed by atoms with Crippen molar-refractivity contribution in [3.63, 3.8) is 0 Å². The minimum absolute atomic E-state index is 0.0357. The fourth-order valence-electron chi connectivity index (χ4n) is 4.00. The zero-order chi connectivity index (χ0) is 22.5. The summed E-state index contributed by atoms with van der Waals surface area (Å²) in [5.41, 5.74) is 9.14. The van der Waals surface area contributed by atoms with E-state index in [2.05, 4.69) is 23.6 Å². The summed E-state index contributed by atoms with van der Waals surface area (Å²) in [4.78, 5) is 25.1. The Bertz CT molecular complexity index is 1010. The molecule has 8 heteroatoms. The average Bonchev–Trinajstić information content (AvgIpc) is 3.06. The first-order chi connectivity index (χ1) is 14.8. The number of carbonyl (C=O) groups excluding carboxylic acids is 2. The van der Waals surface area contributed by atoms with Crippen LogP contribution in [0.25, 0.3) is 0 Å². The Kier molecular flexibility index (Phi) is 7.28. The van der Waals surface area contributed by atoms with E-state index in [0.29, 0.717) is 18.5 Å². The molecule has 0 bridgehead atoms. The van der Waals surface area contributed by atoms with Gasteiger partial charge in [-0.3, -0.25) is 15.0 Å². The molecule has 0 fully saturated rings. The molecule has 1 aliphatic carbocycles. The van der Waals surface area contributed by atoms with Crippen molar-refractivity contribution in [1.29, 1.82) is 5.41 Å². The number of hydrogen-bond donors (Lipinski definition) is 4. The second-order valence-electron chi connectivity index (χ2n) is 7.84. The SMILES string of the molecule is CCCc1ccc2c(c1)C[C@H](CNC(=N)N)[C@H]2NC(=O)C(=O)Cc1ccc(Cl)c(F)c1. The molecule has 1 aliphatic rings. The minimum Gasteiger partial charge on any atom is -0.370 e. The maximum absolute atomic E-state index is 13.6. The van der Waals surface area contributed by atoms with Crippen LogP contribution in [0.4, 0.5) is 4.39 Å². The molecule has 0 heterocycles. The van der Waals surface area contributed by atoms with Gasteiger partial charge >= 0.3 is 0 Å². The van der Waals surface area contributed by atoms with Crippen LogP contribution in [0.15, 0.2) is 36.4 Å². The molecule has 0 saturated carbocycles. The molecule has 5 N–H and O–H groups in total. The highest BCUT2D eigenvalue weighted by molar-refractivity contribution is 6.36. The van der Waals surface area contributed by atoms with Gasteiger partial charge in [0.2, 0.25) is 5.78 Å². The molecule has 0 aromatic heterocycles. The van der Waals surface area contributed by atoms with Gasteiger partial charge in [0.15, 0.2) is 5.96 Å². The number of ketones is 1. The number of benzene rings is 2. The molecule has 2 atom stereocenters. The Labute approximate surface area is 185 Å². The molecular weight excluding hydrogens is 419 g/mol. The van der Waals surface area contributed by atoms with Gasteiger partial charge in [-0.15, -0.1) is 0 Å². The third kappa shape index (κ3) is 5.61. The highest BCUT2D eigenvalue weighted by Crippen LogP contribution is 2.36. The Balaban J connectivity index is 1.75. The lowest BCUT2D eigenvalue weighted by molar-refractivity contribution is -0.138. The van der Waals surface area contributed by atoms with Gasteiger partial charge in [-0.1, -0.05) is 49.2 Å². The number of halogens is 2. The van der Waals surface area contributed by atoms with E-state index in [4.69, 9.17) is 22.7 Å². The lowest BCUT2D eigenvalue weighted by atomic mass is 9.99. The van der Waals surface area contributed by atoms with E-state index in [0.717, 1.165) is 30.0 Å². The highest BCUT2D eigenvalue weighted by Gasteiger charge is 2.34. The smallest absolute Gasteiger partial charge is 0.288 e. The van der Waals surface area contributed by atoms with Crippen molar-refractivity contribution in [2.24, 2.45) is 11.7 Å². The Morgan fingerprint density at radius 3 is 2.65 bits per heavy atom. The summed E-state index contributed by atoms with van der Waals surface area (Å²) < 4.78 is 13.6. The molecule has 2 aromatic carbocycles. The monoisotopic (exact) mass is 444 g/mol. The molecule has 31 heavy (non-hydrogen) atoms. The fraction of sp³-hybridized carbons (Fsp3) is 0.348. The fourth-order valence-corrected chi connectivity index (χ4v) is 4.12. The van der Waals surface area contributed by atoms with Gasteiger partial charge in [0.1, 0.15) is 5.82 Å². The van der Waals surface area contributed by atoms with Crippen LogP contribution in [0.3, 0.4) is 0 Å². The number of guanidine groups is 1. The van der Waals surface area contributed by atoms with Gasteiger partial charge < -0.3 is 16.4 Å². The van der Waals surface area contributed by atoms with Crippen LogP contribution >= 0.6 is 11.6 Å². The highest BCUT2D eigenvalue weighted by atomic mass is 35.5. The molecule has 2 aromatic rings. The van der Waals surface area contributed by atoms with Gasteiger partial charge in [-0.2, -0.15) is 0 Å². The van der Waals surface area contributed by atoms with E-state index in [1.165, 1.54) is 17.7 Å². The predicted molar refractivity (Wildman–Crippen MR) is 119 cm³/mol. The summed E-state index contributed by atoms with van der Waals surface area (Å²) in [6, 6.07) is 9.85. The van der Waals surface area contributed by atoms with Crippen molar-refractivity contribution in [3.05, 3.63) is 69.5 Å². The number of fused-ring (bicyclic) bond motifs is 1. The zero-order valence-electron chi connectivity index (χ0n) is 17.3. The lowest BCUT2D eigenvalue weighted by Crippen LogP contribution is -2.41. The number of Topliss-reactive ketones (excluding diaryl/α,β-unsaturated/α-hetero) is 1. The van der Waals surface area contributed by atoms with E-state index in [9.17, 15) is 14.0 Å². The second-order valence-corrected chi connectivity index (χ2v) is 8.25. The average molecular weight is 445 g/mol. The Hall–Kier alpha value is -2.93. The quantitative estimate of drug-likeness (QED) is 0.285. The normalized spacial score (nSPS) is 17.1. The first kappa shape index (κ1) is 22.7. The van der Waals surface area contributed by atoms with Crippen LogP contribution in [-0.2, 0) is 28.9 Å². The number of nitrogens with one attached hydrogen (secondary N) is 3. The number of amides is 1. The van der Waals surface area contributed by atoms with Crippen molar-refractivity contribution in [1.82, 2.24) is 10.6 Å². The Morgan fingerprint density at radius 1 is 1.23 bits per heavy atom. The predicted octanol–water partition coefficient (Wildman–Crippen LogP) is 3.06. The molecular formula is C23H26ClFN4O2.